The van der Waals surface area contributed by atoms with Crippen LogP contribution in [0, 0.1) is 0 Å². The van der Waals surface area contributed by atoms with E-state index >= 15 is 0 Å². The molecular formula is C41H49N7O9. The number of carbonyl (C=O) groups excluding carboxylic acids is 4. The summed E-state index contributed by atoms with van der Waals surface area (Å²) in [5.74, 6) is 0.166. The number of rotatable bonds is 12. The molecule has 5 heterocycles. The van der Waals surface area contributed by atoms with Gasteiger partial charge >= 0.3 is 12.2 Å². The Balaban J connectivity index is 1.09. The number of furan rings is 1. The fraction of sp³-hybridized carbons (Fsp3) is 0.439. The number of aromatic nitrogens is 3. The summed E-state index contributed by atoms with van der Waals surface area (Å²) >= 11 is 0. The number of hydrogen-bond acceptors (Lipinski definition) is 10. The third-order valence-electron chi connectivity index (χ3n) is 11.3. The first kappa shape index (κ1) is 39.4. The average Bonchev–Trinajstić information content (AvgIpc) is 4.08. The molecule has 6 atom stereocenters. The lowest BCUT2D eigenvalue weighted by atomic mass is 10.1. The number of alkyl carbamates (subject to hydrolysis) is 2. The van der Waals surface area contributed by atoms with E-state index in [2.05, 4.69) is 25.6 Å². The Bertz CT molecular complexity index is 2110. The van der Waals surface area contributed by atoms with Crippen LogP contribution in [0.25, 0.3) is 44.5 Å². The third-order valence-corrected chi connectivity index (χ3v) is 11.3. The van der Waals surface area contributed by atoms with E-state index in [1.807, 2.05) is 48.5 Å². The predicted molar refractivity (Wildman–Crippen MR) is 210 cm³/mol. The van der Waals surface area contributed by atoms with Crippen LogP contribution in [0.5, 0.6) is 0 Å². The first-order chi connectivity index (χ1) is 27.5. The summed E-state index contributed by atoms with van der Waals surface area (Å²) in [4.78, 5) is 66.6. The van der Waals surface area contributed by atoms with Gasteiger partial charge in [0.25, 0.3) is 0 Å². The molecule has 5 aromatic rings. The number of likely N-dealkylation sites (tertiary alicyclic amines) is 2. The van der Waals surface area contributed by atoms with Gasteiger partial charge in [-0.25, -0.2) is 14.6 Å². The van der Waals surface area contributed by atoms with Crippen molar-refractivity contribution in [3.05, 3.63) is 66.2 Å². The largest absolute Gasteiger partial charge is 0.456 e. The normalized spacial score (nSPS) is 19.1. The van der Waals surface area contributed by atoms with Crippen molar-refractivity contribution in [1.82, 2.24) is 35.4 Å². The summed E-state index contributed by atoms with van der Waals surface area (Å²) in [6.07, 6.45) is 2.36. The number of nitrogens with one attached hydrogen (secondary N) is 4. The number of amides is 4. The van der Waals surface area contributed by atoms with Gasteiger partial charge in [-0.1, -0.05) is 12.1 Å². The van der Waals surface area contributed by atoms with Crippen molar-refractivity contribution < 1.29 is 42.5 Å². The second-order valence-corrected chi connectivity index (χ2v) is 14.5. The number of ether oxygens (including phenoxy) is 4. The summed E-state index contributed by atoms with van der Waals surface area (Å²) in [6.45, 7) is 4.55. The van der Waals surface area contributed by atoms with Gasteiger partial charge in [0, 0.05) is 60.6 Å². The van der Waals surface area contributed by atoms with Gasteiger partial charge in [0.2, 0.25) is 11.8 Å². The van der Waals surface area contributed by atoms with Crippen LogP contribution in [0.2, 0.25) is 0 Å². The standard InChI is InChI=1S/C41H49N7O9/c1-22(53-3)35(45-40(51)55-5)38(49)47-17-7-9-31(47)29-16-15-28(43-29)24-11-13-26-27-14-12-25(20-34(27)57-33(26)19-24)30-21-42-37(44-30)32-10-8-18-48(32)39(50)36(23(2)54-4)46-41(52)56-6/h11-16,19-23,31-32,35-36,43H,7-10,17-18H2,1-6H3,(H,42,44)(H,45,51)(H,46,52)/t22-,23-,31+,32?,35+,36?/m1/s1. The highest BCUT2D eigenvalue weighted by Crippen LogP contribution is 2.38. The number of H-pyrrole nitrogens is 2. The van der Waals surface area contributed by atoms with Crippen LogP contribution < -0.4 is 10.6 Å². The summed E-state index contributed by atoms with van der Waals surface area (Å²) in [6, 6.07) is 13.8. The Labute approximate surface area is 329 Å². The Morgan fingerprint density at radius 1 is 0.719 bits per heavy atom. The van der Waals surface area contributed by atoms with Crippen molar-refractivity contribution in [3.63, 3.8) is 0 Å². The van der Waals surface area contributed by atoms with E-state index in [4.69, 9.17) is 23.4 Å². The maximum atomic E-state index is 13.7. The molecule has 3 aromatic heterocycles. The fourth-order valence-electron chi connectivity index (χ4n) is 7.97. The van der Waals surface area contributed by atoms with E-state index in [9.17, 15) is 19.2 Å². The first-order valence-electron chi connectivity index (χ1n) is 19.1. The molecule has 0 saturated carbocycles. The zero-order valence-corrected chi connectivity index (χ0v) is 32.9. The molecule has 302 valence electrons. The Morgan fingerprint density at radius 3 is 1.79 bits per heavy atom. The summed E-state index contributed by atoms with van der Waals surface area (Å²) in [7, 11) is 5.51. The van der Waals surface area contributed by atoms with Crippen LogP contribution in [-0.2, 0) is 28.5 Å². The zero-order chi connectivity index (χ0) is 40.4. The predicted octanol–water partition coefficient (Wildman–Crippen LogP) is 5.82. The molecule has 2 aromatic carbocycles. The lowest BCUT2D eigenvalue weighted by Gasteiger charge is -2.31. The number of methoxy groups -OCH3 is 4. The van der Waals surface area contributed by atoms with Crippen molar-refractivity contribution >= 4 is 45.9 Å². The maximum absolute atomic E-state index is 13.7. The molecule has 4 amide bonds. The van der Waals surface area contributed by atoms with Gasteiger partial charge in [0.1, 0.15) is 29.1 Å². The van der Waals surface area contributed by atoms with E-state index in [1.54, 1.807) is 29.8 Å². The van der Waals surface area contributed by atoms with Crippen LogP contribution in [0.1, 0.15) is 63.1 Å². The van der Waals surface area contributed by atoms with E-state index in [0.717, 1.165) is 70.2 Å². The van der Waals surface area contributed by atoms with Crippen LogP contribution in [0.3, 0.4) is 0 Å². The molecule has 4 N–H and O–H groups in total. The van der Waals surface area contributed by atoms with Gasteiger partial charge in [0.15, 0.2) is 0 Å². The Kier molecular flexibility index (Phi) is 11.5. The molecule has 0 aliphatic carbocycles. The molecule has 2 aliphatic heterocycles. The third kappa shape index (κ3) is 7.79. The number of imidazole rings is 1. The topological polar surface area (TPSA) is 193 Å². The summed E-state index contributed by atoms with van der Waals surface area (Å²) in [5.41, 5.74) is 5.82. The number of benzene rings is 2. The molecule has 57 heavy (non-hydrogen) atoms. The van der Waals surface area contributed by atoms with Crippen LogP contribution in [0.15, 0.2) is 59.1 Å². The monoisotopic (exact) mass is 783 g/mol. The lowest BCUT2D eigenvalue weighted by molar-refractivity contribution is -0.138. The minimum atomic E-state index is -0.914. The van der Waals surface area contributed by atoms with Gasteiger partial charge < -0.3 is 53.8 Å². The highest BCUT2D eigenvalue weighted by atomic mass is 16.5. The molecule has 16 heteroatoms. The highest BCUT2D eigenvalue weighted by molar-refractivity contribution is 6.06. The number of aromatic amines is 2. The number of fused-ring (bicyclic) bond motifs is 3. The highest BCUT2D eigenvalue weighted by Gasteiger charge is 2.40. The molecule has 7 rings (SSSR count). The second-order valence-electron chi connectivity index (χ2n) is 14.5. The van der Waals surface area contributed by atoms with E-state index < -0.39 is 36.5 Å². The first-order valence-corrected chi connectivity index (χ1v) is 19.1. The van der Waals surface area contributed by atoms with Crippen molar-refractivity contribution in [3.8, 4) is 22.5 Å². The molecule has 16 nitrogen and oxygen atoms in total. The summed E-state index contributed by atoms with van der Waals surface area (Å²) < 4.78 is 26.8. The Hall–Kier alpha value is -5.87. The molecule has 2 saturated heterocycles. The molecular weight excluding hydrogens is 734 g/mol. The lowest BCUT2D eigenvalue weighted by Crippen LogP contribution is -2.54. The maximum Gasteiger partial charge on any atom is 0.407 e. The minimum absolute atomic E-state index is 0.189. The smallest absolute Gasteiger partial charge is 0.407 e. The second kappa shape index (κ2) is 16.7. The van der Waals surface area contributed by atoms with E-state index in [0.29, 0.717) is 24.5 Å². The molecule has 0 spiro atoms. The quantitative estimate of drug-likeness (QED) is 0.120. The van der Waals surface area contributed by atoms with E-state index in [-0.39, 0.29) is 23.9 Å². The van der Waals surface area contributed by atoms with Gasteiger partial charge in [-0.3, -0.25) is 9.59 Å². The Morgan fingerprint density at radius 2 is 1.25 bits per heavy atom. The van der Waals surface area contributed by atoms with Crippen molar-refractivity contribution in [1.29, 1.82) is 0 Å². The van der Waals surface area contributed by atoms with Crippen LogP contribution in [-0.4, -0.2) is 115 Å². The number of hydrogen-bond donors (Lipinski definition) is 4. The minimum Gasteiger partial charge on any atom is -0.456 e. The van der Waals surface area contributed by atoms with Gasteiger partial charge in [-0.05, 0) is 75.9 Å². The van der Waals surface area contributed by atoms with Crippen molar-refractivity contribution in [2.75, 3.05) is 41.5 Å². The number of carbonyl (C=O) groups is 4. The van der Waals surface area contributed by atoms with E-state index in [1.165, 1.54) is 28.4 Å². The molecule has 2 unspecified atom stereocenters. The van der Waals surface area contributed by atoms with Crippen LogP contribution >= 0.6 is 0 Å². The van der Waals surface area contributed by atoms with Crippen molar-refractivity contribution in [2.24, 2.45) is 0 Å². The fourth-order valence-corrected chi connectivity index (χ4v) is 7.97. The zero-order valence-electron chi connectivity index (χ0n) is 32.9. The van der Waals surface area contributed by atoms with Gasteiger partial charge in [-0.15, -0.1) is 0 Å². The van der Waals surface area contributed by atoms with Gasteiger partial charge in [-0.2, -0.15) is 0 Å². The average molecular weight is 784 g/mol. The SMILES string of the molecule is COC(=O)NC(C(=O)N1CCCC1c1ncc(-c2ccc3c(c2)oc2cc(-c4ccc([C@@H]5CCCN5C(=O)[C@@H](NC(=O)OC)[C@@H](C)OC)[nH]4)ccc23)[nH]1)[C@@H](C)OC. The molecule has 0 radical (unpaired) electrons. The van der Waals surface area contributed by atoms with Gasteiger partial charge in [0.05, 0.1) is 50.4 Å². The number of nitrogens with zero attached hydrogens (tertiary/aromatic N) is 3. The molecule has 2 aliphatic rings. The summed E-state index contributed by atoms with van der Waals surface area (Å²) in [5, 5.41) is 7.20. The molecule has 0 bridgehead atoms. The van der Waals surface area contributed by atoms with Crippen molar-refractivity contribution in [2.45, 2.75) is 75.9 Å². The van der Waals surface area contributed by atoms with Crippen LogP contribution in [0.4, 0.5) is 9.59 Å². The molecule has 2 fully saturated rings.